The van der Waals surface area contributed by atoms with Gasteiger partial charge in [0.2, 0.25) is 0 Å². The minimum Gasteiger partial charge on any atom is -0.296 e. The van der Waals surface area contributed by atoms with E-state index in [2.05, 4.69) is 44.0 Å². The first-order chi connectivity index (χ1) is 13.3. The Labute approximate surface area is 165 Å². The van der Waals surface area contributed by atoms with Crippen molar-refractivity contribution in [2.45, 2.75) is 13.1 Å². The SMILES string of the molecule is Clc1ncc(-c2ccccc2)cc1CN1CCN(Cc2ccccn2)CC1. The fourth-order valence-corrected chi connectivity index (χ4v) is 3.62. The first-order valence-electron chi connectivity index (χ1n) is 9.32. The first kappa shape index (κ1) is 18.1. The number of aromatic nitrogens is 2. The molecule has 1 aliphatic heterocycles. The normalized spacial score (nSPS) is 15.7. The number of nitrogens with zero attached hydrogens (tertiary/aromatic N) is 4. The molecule has 0 amide bonds. The van der Waals surface area contributed by atoms with Gasteiger partial charge in [0.05, 0.1) is 5.69 Å². The van der Waals surface area contributed by atoms with Gasteiger partial charge in [0.15, 0.2) is 0 Å². The van der Waals surface area contributed by atoms with Gasteiger partial charge in [-0.05, 0) is 23.8 Å². The maximum atomic E-state index is 6.38. The van der Waals surface area contributed by atoms with E-state index >= 15 is 0 Å². The molecule has 1 aliphatic rings. The van der Waals surface area contributed by atoms with Gasteiger partial charge >= 0.3 is 0 Å². The molecule has 0 aliphatic carbocycles. The summed E-state index contributed by atoms with van der Waals surface area (Å²) in [4.78, 5) is 13.7. The van der Waals surface area contributed by atoms with E-state index in [1.54, 1.807) is 0 Å². The van der Waals surface area contributed by atoms with Crippen LogP contribution < -0.4 is 0 Å². The van der Waals surface area contributed by atoms with Gasteiger partial charge < -0.3 is 0 Å². The zero-order valence-corrected chi connectivity index (χ0v) is 16.0. The molecule has 0 radical (unpaired) electrons. The van der Waals surface area contributed by atoms with Crippen LogP contribution in [0.25, 0.3) is 11.1 Å². The summed E-state index contributed by atoms with van der Waals surface area (Å²) in [6.07, 6.45) is 3.71. The standard InChI is InChI=1S/C22H23ClN4/c23-22-20(14-19(15-25-22)18-6-2-1-3-7-18)16-26-10-12-27(13-11-26)17-21-8-4-5-9-24-21/h1-9,14-15H,10-13,16-17H2. The average Bonchev–Trinajstić information content (AvgIpc) is 2.72. The van der Waals surface area contributed by atoms with Crippen LogP contribution in [-0.2, 0) is 13.1 Å². The molecule has 0 unspecified atom stereocenters. The Morgan fingerprint density at radius 3 is 2.19 bits per heavy atom. The number of rotatable bonds is 5. The van der Waals surface area contributed by atoms with Crippen LogP contribution in [0, 0.1) is 0 Å². The van der Waals surface area contributed by atoms with Crippen LogP contribution in [0.5, 0.6) is 0 Å². The van der Waals surface area contributed by atoms with Gasteiger partial charge in [-0.25, -0.2) is 4.98 Å². The van der Waals surface area contributed by atoms with Crippen molar-refractivity contribution >= 4 is 11.6 Å². The molecule has 0 spiro atoms. The van der Waals surface area contributed by atoms with E-state index in [-0.39, 0.29) is 0 Å². The Balaban J connectivity index is 1.37. The zero-order valence-electron chi connectivity index (χ0n) is 15.3. The van der Waals surface area contributed by atoms with E-state index in [0.29, 0.717) is 5.15 Å². The minimum atomic E-state index is 0.602. The van der Waals surface area contributed by atoms with Gasteiger partial charge in [-0.2, -0.15) is 0 Å². The molecule has 4 rings (SSSR count). The summed E-state index contributed by atoms with van der Waals surface area (Å²) in [5.74, 6) is 0. The predicted molar refractivity (Wildman–Crippen MR) is 109 cm³/mol. The number of piperazine rings is 1. The molecule has 2 aromatic heterocycles. The zero-order chi connectivity index (χ0) is 18.5. The molecule has 0 atom stereocenters. The maximum Gasteiger partial charge on any atom is 0.133 e. The molecule has 138 valence electrons. The van der Waals surface area contributed by atoms with E-state index in [4.69, 9.17) is 11.6 Å². The lowest BCUT2D eigenvalue weighted by Gasteiger charge is -2.34. The Kier molecular flexibility index (Phi) is 5.78. The second kappa shape index (κ2) is 8.61. The average molecular weight is 379 g/mol. The third-order valence-electron chi connectivity index (χ3n) is 4.99. The van der Waals surface area contributed by atoms with Crippen molar-refractivity contribution in [2.24, 2.45) is 0 Å². The highest BCUT2D eigenvalue weighted by molar-refractivity contribution is 6.30. The molecule has 0 saturated carbocycles. The molecule has 27 heavy (non-hydrogen) atoms. The van der Waals surface area contributed by atoms with E-state index < -0.39 is 0 Å². The molecule has 0 bridgehead atoms. The van der Waals surface area contributed by atoms with Gasteiger partial charge in [-0.1, -0.05) is 48.0 Å². The summed E-state index contributed by atoms with van der Waals surface area (Å²) in [6.45, 7) is 5.89. The minimum absolute atomic E-state index is 0.602. The number of halogens is 1. The van der Waals surface area contributed by atoms with Crippen molar-refractivity contribution in [3.8, 4) is 11.1 Å². The third-order valence-corrected chi connectivity index (χ3v) is 5.33. The third kappa shape index (κ3) is 4.72. The van der Waals surface area contributed by atoms with Crippen LogP contribution in [0.1, 0.15) is 11.3 Å². The molecule has 1 aromatic carbocycles. The second-order valence-corrected chi connectivity index (χ2v) is 7.27. The number of hydrogen-bond acceptors (Lipinski definition) is 4. The van der Waals surface area contributed by atoms with Crippen molar-refractivity contribution in [1.82, 2.24) is 19.8 Å². The molecule has 4 nitrogen and oxygen atoms in total. The van der Waals surface area contributed by atoms with Gasteiger partial charge in [-0.3, -0.25) is 14.8 Å². The van der Waals surface area contributed by atoms with E-state index in [0.717, 1.165) is 56.1 Å². The quantitative estimate of drug-likeness (QED) is 0.625. The molecule has 1 fully saturated rings. The van der Waals surface area contributed by atoms with Crippen LogP contribution in [0.2, 0.25) is 5.15 Å². The summed E-state index contributed by atoms with van der Waals surface area (Å²) in [5, 5.41) is 0.602. The van der Waals surface area contributed by atoms with Crippen LogP contribution in [0.4, 0.5) is 0 Å². The second-order valence-electron chi connectivity index (χ2n) is 6.91. The van der Waals surface area contributed by atoms with Crippen LogP contribution in [0.15, 0.2) is 67.0 Å². The van der Waals surface area contributed by atoms with Gasteiger partial charge in [-0.15, -0.1) is 0 Å². The number of benzene rings is 1. The maximum absolute atomic E-state index is 6.38. The summed E-state index contributed by atoms with van der Waals surface area (Å²) < 4.78 is 0. The molecule has 3 heterocycles. The fraction of sp³-hybridized carbons (Fsp3) is 0.273. The first-order valence-corrected chi connectivity index (χ1v) is 9.70. The molecule has 3 aromatic rings. The van der Waals surface area contributed by atoms with Crippen molar-refractivity contribution in [1.29, 1.82) is 0 Å². The van der Waals surface area contributed by atoms with Crippen LogP contribution in [-0.4, -0.2) is 45.9 Å². The Morgan fingerprint density at radius 1 is 0.778 bits per heavy atom. The Morgan fingerprint density at radius 2 is 1.48 bits per heavy atom. The smallest absolute Gasteiger partial charge is 0.133 e. The summed E-state index contributed by atoms with van der Waals surface area (Å²) in [7, 11) is 0. The largest absolute Gasteiger partial charge is 0.296 e. The summed E-state index contributed by atoms with van der Waals surface area (Å²) >= 11 is 6.38. The van der Waals surface area contributed by atoms with E-state index in [9.17, 15) is 0 Å². The highest BCUT2D eigenvalue weighted by Gasteiger charge is 2.18. The highest BCUT2D eigenvalue weighted by Crippen LogP contribution is 2.24. The molecule has 5 heteroatoms. The Bertz CT molecular complexity index is 862. The van der Waals surface area contributed by atoms with Crippen molar-refractivity contribution < 1.29 is 0 Å². The lowest BCUT2D eigenvalue weighted by molar-refractivity contribution is 0.121. The molecule has 1 saturated heterocycles. The number of pyridine rings is 2. The summed E-state index contributed by atoms with van der Waals surface area (Å²) in [5.41, 5.74) is 4.51. The molecular formula is C22H23ClN4. The van der Waals surface area contributed by atoms with Gasteiger partial charge in [0.1, 0.15) is 5.15 Å². The van der Waals surface area contributed by atoms with Gasteiger partial charge in [0.25, 0.3) is 0 Å². The fourth-order valence-electron chi connectivity index (χ4n) is 3.46. The number of hydrogen-bond donors (Lipinski definition) is 0. The van der Waals surface area contributed by atoms with Crippen LogP contribution in [0.3, 0.4) is 0 Å². The predicted octanol–water partition coefficient (Wildman–Crippen LogP) is 4.11. The van der Waals surface area contributed by atoms with Gasteiger partial charge in [0, 0.05) is 62.8 Å². The topological polar surface area (TPSA) is 32.3 Å². The van der Waals surface area contributed by atoms with Crippen LogP contribution >= 0.6 is 11.6 Å². The molecule has 0 N–H and O–H groups in total. The van der Waals surface area contributed by atoms with Crippen molar-refractivity contribution in [3.05, 3.63) is 83.4 Å². The van der Waals surface area contributed by atoms with E-state index in [1.807, 2.05) is 42.7 Å². The summed E-state index contributed by atoms with van der Waals surface area (Å²) in [6, 6.07) is 18.6. The lowest BCUT2D eigenvalue weighted by Crippen LogP contribution is -2.45. The lowest BCUT2D eigenvalue weighted by atomic mass is 10.1. The Hall–Kier alpha value is -2.27. The monoisotopic (exact) mass is 378 g/mol. The van der Waals surface area contributed by atoms with Crippen molar-refractivity contribution in [3.63, 3.8) is 0 Å². The van der Waals surface area contributed by atoms with Crippen molar-refractivity contribution in [2.75, 3.05) is 26.2 Å². The highest BCUT2D eigenvalue weighted by atomic mass is 35.5. The van der Waals surface area contributed by atoms with E-state index in [1.165, 1.54) is 5.56 Å². The molecular weight excluding hydrogens is 356 g/mol.